The number of hydrogen-bond acceptors (Lipinski definition) is 4. The molecular formula is C9H2BrCl2FN4. The van der Waals surface area contributed by atoms with Gasteiger partial charge >= 0.3 is 0 Å². The molecule has 0 spiro atoms. The first-order chi connectivity index (χ1) is 8.01. The second-order valence-electron chi connectivity index (χ2n) is 2.64. The molecule has 0 saturated heterocycles. The summed E-state index contributed by atoms with van der Waals surface area (Å²) < 4.78 is 13.7. The van der Waals surface area contributed by atoms with Gasteiger partial charge < -0.3 is 0 Å². The van der Waals surface area contributed by atoms with E-state index in [9.17, 15) is 4.39 Å². The topological polar surface area (TPSA) is 72.0 Å². The molecule has 0 amide bonds. The highest BCUT2D eigenvalue weighted by molar-refractivity contribution is 9.10. The molecule has 0 aromatic heterocycles. The number of anilines is 1. The summed E-state index contributed by atoms with van der Waals surface area (Å²) in [4.78, 5) is 0. The van der Waals surface area contributed by atoms with Crippen molar-refractivity contribution in [2.75, 3.05) is 5.43 Å². The van der Waals surface area contributed by atoms with Gasteiger partial charge in [0.15, 0.2) is 5.82 Å². The lowest BCUT2D eigenvalue weighted by Gasteiger charge is -2.08. The second kappa shape index (κ2) is 5.83. The van der Waals surface area contributed by atoms with E-state index in [1.165, 1.54) is 18.2 Å². The SMILES string of the molecule is N#CC(C#N)=NNc1c(Br)cc(Cl)c(F)c1Cl. The van der Waals surface area contributed by atoms with Crippen molar-refractivity contribution in [1.29, 1.82) is 10.5 Å². The summed E-state index contributed by atoms with van der Waals surface area (Å²) in [6.45, 7) is 0. The maximum Gasteiger partial charge on any atom is 0.237 e. The van der Waals surface area contributed by atoms with Crippen LogP contribution in [0.4, 0.5) is 10.1 Å². The van der Waals surface area contributed by atoms with Crippen LogP contribution in [-0.2, 0) is 0 Å². The van der Waals surface area contributed by atoms with Crippen molar-refractivity contribution in [1.82, 2.24) is 0 Å². The molecule has 0 fully saturated rings. The predicted molar refractivity (Wildman–Crippen MR) is 66.4 cm³/mol. The van der Waals surface area contributed by atoms with E-state index >= 15 is 0 Å². The van der Waals surface area contributed by atoms with E-state index < -0.39 is 11.5 Å². The van der Waals surface area contributed by atoms with Crippen LogP contribution in [0.25, 0.3) is 0 Å². The lowest BCUT2D eigenvalue weighted by molar-refractivity contribution is 0.629. The lowest BCUT2D eigenvalue weighted by atomic mass is 10.3. The van der Waals surface area contributed by atoms with Crippen LogP contribution in [-0.4, -0.2) is 5.71 Å². The summed E-state index contributed by atoms with van der Waals surface area (Å²) in [5, 5.41) is 19.9. The molecule has 0 aliphatic heterocycles. The maximum absolute atomic E-state index is 13.4. The third kappa shape index (κ3) is 3.07. The van der Waals surface area contributed by atoms with E-state index in [0.717, 1.165) is 0 Å². The van der Waals surface area contributed by atoms with Crippen LogP contribution in [0.3, 0.4) is 0 Å². The number of hydrazone groups is 1. The van der Waals surface area contributed by atoms with Gasteiger partial charge in [-0.1, -0.05) is 23.2 Å². The molecule has 4 nitrogen and oxygen atoms in total. The minimum Gasteiger partial charge on any atom is -0.274 e. The highest BCUT2D eigenvalue weighted by Crippen LogP contribution is 2.36. The average Bonchev–Trinajstić information content (AvgIpc) is 2.31. The zero-order valence-corrected chi connectivity index (χ0v) is 11.0. The van der Waals surface area contributed by atoms with Crippen molar-refractivity contribution < 1.29 is 4.39 Å². The zero-order valence-electron chi connectivity index (χ0n) is 7.93. The summed E-state index contributed by atoms with van der Waals surface area (Å²) in [6, 6.07) is 4.35. The summed E-state index contributed by atoms with van der Waals surface area (Å²) in [5.74, 6) is -0.815. The Hall–Kier alpha value is -1.34. The third-order valence-electron chi connectivity index (χ3n) is 1.61. The van der Waals surface area contributed by atoms with Gasteiger partial charge in [-0.3, -0.25) is 5.43 Å². The number of nitriles is 2. The van der Waals surface area contributed by atoms with Crippen molar-refractivity contribution >= 4 is 50.5 Å². The standard InChI is InChI=1S/C9H2BrCl2FN4/c10-5-1-6(11)8(13)7(12)9(5)17-16-4(2-14)3-15/h1,17H. The highest BCUT2D eigenvalue weighted by Gasteiger charge is 2.14. The smallest absolute Gasteiger partial charge is 0.237 e. The summed E-state index contributed by atoms with van der Waals surface area (Å²) >= 11 is 14.3. The van der Waals surface area contributed by atoms with Gasteiger partial charge in [0.25, 0.3) is 0 Å². The molecule has 0 unspecified atom stereocenters. The molecular weight excluding hydrogens is 334 g/mol. The van der Waals surface area contributed by atoms with Crippen LogP contribution < -0.4 is 5.43 Å². The monoisotopic (exact) mass is 334 g/mol. The normalized spacial score (nSPS) is 9.06. The molecule has 0 bridgehead atoms. The molecule has 8 heteroatoms. The van der Waals surface area contributed by atoms with Gasteiger partial charge in [-0.2, -0.15) is 15.6 Å². The van der Waals surface area contributed by atoms with Crippen LogP contribution in [0.2, 0.25) is 10.0 Å². The average molecular weight is 336 g/mol. The molecule has 86 valence electrons. The largest absolute Gasteiger partial charge is 0.274 e. The van der Waals surface area contributed by atoms with Crippen molar-refractivity contribution in [3.63, 3.8) is 0 Å². The Kier molecular flexibility index (Phi) is 4.71. The van der Waals surface area contributed by atoms with Gasteiger partial charge in [-0.15, -0.1) is 0 Å². The zero-order chi connectivity index (χ0) is 13.0. The minimum atomic E-state index is -0.815. The van der Waals surface area contributed by atoms with Gasteiger partial charge in [-0.05, 0) is 22.0 Å². The maximum atomic E-state index is 13.4. The Labute approximate surface area is 114 Å². The van der Waals surface area contributed by atoms with E-state index in [1.807, 2.05) is 0 Å². The van der Waals surface area contributed by atoms with Crippen LogP contribution in [0.5, 0.6) is 0 Å². The van der Waals surface area contributed by atoms with E-state index in [4.69, 9.17) is 33.7 Å². The first-order valence-electron chi connectivity index (χ1n) is 3.98. The van der Waals surface area contributed by atoms with Crippen molar-refractivity contribution in [2.45, 2.75) is 0 Å². The predicted octanol–water partition coefficient (Wildman–Crippen LogP) is 3.71. The first-order valence-corrected chi connectivity index (χ1v) is 5.53. The molecule has 1 N–H and O–H groups in total. The Morgan fingerprint density at radius 1 is 1.41 bits per heavy atom. The molecule has 1 rings (SSSR count). The fourth-order valence-electron chi connectivity index (χ4n) is 0.856. The molecule has 1 aromatic rings. The second-order valence-corrected chi connectivity index (χ2v) is 4.28. The van der Waals surface area contributed by atoms with Crippen LogP contribution >= 0.6 is 39.1 Å². The Morgan fingerprint density at radius 2 is 2.00 bits per heavy atom. The molecule has 0 atom stereocenters. The number of rotatable bonds is 2. The fourth-order valence-corrected chi connectivity index (χ4v) is 2.12. The van der Waals surface area contributed by atoms with E-state index in [1.54, 1.807) is 0 Å². The van der Waals surface area contributed by atoms with Crippen LogP contribution in [0, 0.1) is 28.5 Å². The third-order valence-corrected chi connectivity index (χ3v) is 2.86. The minimum absolute atomic E-state index is 0.0802. The molecule has 0 aliphatic rings. The molecule has 0 heterocycles. The lowest BCUT2D eigenvalue weighted by Crippen LogP contribution is -1.99. The Bertz CT molecular complexity index is 558. The Balaban J connectivity index is 3.18. The van der Waals surface area contributed by atoms with Gasteiger partial charge in [0.05, 0.1) is 10.7 Å². The molecule has 0 saturated carbocycles. The highest BCUT2D eigenvalue weighted by atomic mass is 79.9. The van der Waals surface area contributed by atoms with Crippen molar-refractivity contribution in [2.24, 2.45) is 5.10 Å². The first kappa shape index (κ1) is 13.7. The molecule has 1 aromatic carbocycles. The number of nitrogens with one attached hydrogen (secondary N) is 1. The van der Waals surface area contributed by atoms with Gasteiger partial charge in [0, 0.05) is 4.47 Å². The van der Waals surface area contributed by atoms with Gasteiger partial charge in [-0.25, -0.2) is 4.39 Å². The number of halogens is 4. The van der Waals surface area contributed by atoms with Crippen molar-refractivity contribution in [3.05, 3.63) is 26.4 Å². The quantitative estimate of drug-likeness (QED) is 0.387. The summed E-state index contributed by atoms with van der Waals surface area (Å²) in [7, 11) is 0. The van der Waals surface area contributed by atoms with E-state index in [-0.39, 0.29) is 15.7 Å². The molecule has 0 aliphatic carbocycles. The van der Waals surface area contributed by atoms with Crippen molar-refractivity contribution in [3.8, 4) is 12.1 Å². The molecule has 0 radical (unpaired) electrons. The number of nitrogens with zero attached hydrogens (tertiary/aromatic N) is 3. The van der Waals surface area contributed by atoms with Gasteiger partial charge in [0.2, 0.25) is 5.71 Å². The van der Waals surface area contributed by atoms with E-state index in [2.05, 4.69) is 26.5 Å². The van der Waals surface area contributed by atoms with Crippen LogP contribution in [0.1, 0.15) is 0 Å². The fraction of sp³-hybridized carbons (Fsp3) is 0. The van der Waals surface area contributed by atoms with Gasteiger partial charge in [0.1, 0.15) is 17.2 Å². The van der Waals surface area contributed by atoms with Crippen LogP contribution in [0.15, 0.2) is 15.6 Å². The number of hydrogen-bond donors (Lipinski definition) is 1. The summed E-state index contributed by atoms with van der Waals surface area (Å²) in [6.07, 6.45) is 0. The molecule has 17 heavy (non-hydrogen) atoms. The number of benzene rings is 1. The summed E-state index contributed by atoms with van der Waals surface area (Å²) in [5.41, 5.74) is 1.98. The van der Waals surface area contributed by atoms with E-state index in [0.29, 0.717) is 4.47 Å². The Morgan fingerprint density at radius 3 is 2.53 bits per heavy atom.